The van der Waals surface area contributed by atoms with Gasteiger partial charge in [-0.05, 0) is 24.5 Å². The summed E-state index contributed by atoms with van der Waals surface area (Å²) in [4.78, 5) is 17.2. The fourth-order valence-corrected chi connectivity index (χ4v) is 2.74. The SMILES string of the molecule is N#CC1CCCN1C(=O)Cc1c[nH]c2ccccc12. The molecule has 1 aromatic heterocycles. The Balaban J connectivity index is 1.82. The van der Waals surface area contributed by atoms with E-state index in [1.54, 1.807) is 4.90 Å². The fourth-order valence-electron chi connectivity index (χ4n) is 2.74. The normalized spacial score (nSPS) is 18.7. The van der Waals surface area contributed by atoms with Gasteiger partial charge in [0, 0.05) is 23.6 Å². The molecular formula is C15H15N3O. The Kier molecular flexibility index (Phi) is 2.96. The number of hydrogen-bond donors (Lipinski definition) is 1. The van der Waals surface area contributed by atoms with Gasteiger partial charge >= 0.3 is 0 Å². The first kappa shape index (κ1) is 11.8. The van der Waals surface area contributed by atoms with Gasteiger partial charge < -0.3 is 9.88 Å². The van der Waals surface area contributed by atoms with Gasteiger partial charge in [-0.25, -0.2) is 0 Å². The van der Waals surface area contributed by atoms with Crippen LogP contribution in [0.5, 0.6) is 0 Å². The van der Waals surface area contributed by atoms with E-state index in [9.17, 15) is 4.79 Å². The van der Waals surface area contributed by atoms with Gasteiger partial charge in [-0.2, -0.15) is 5.26 Å². The summed E-state index contributed by atoms with van der Waals surface area (Å²) in [5.41, 5.74) is 2.05. The highest BCUT2D eigenvalue weighted by atomic mass is 16.2. The smallest absolute Gasteiger partial charge is 0.228 e. The molecule has 0 aliphatic carbocycles. The average molecular weight is 253 g/mol. The van der Waals surface area contributed by atoms with E-state index in [2.05, 4.69) is 11.1 Å². The predicted molar refractivity (Wildman–Crippen MR) is 72.4 cm³/mol. The van der Waals surface area contributed by atoms with Crippen molar-refractivity contribution in [1.29, 1.82) is 5.26 Å². The van der Waals surface area contributed by atoms with E-state index in [1.807, 2.05) is 30.5 Å². The number of likely N-dealkylation sites (tertiary alicyclic amines) is 1. The van der Waals surface area contributed by atoms with Crippen LogP contribution in [0.25, 0.3) is 10.9 Å². The maximum Gasteiger partial charge on any atom is 0.228 e. The molecule has 1 aliphatic rings. The van der Waals surface area contributed by atoms with Crippen molar-refractivity contribution >= 4 is 16.8 Å². The standard InChI is InChI=1S/C15H15N3O/c16-9-12-4-3-7-18(12)15(19)8-11-10-17-14-6-2-1-5-13(11)14/h1-2,5-6,10,12,17H,3-4,7-8H2. The summed E-state index contributed by atoms with van der Waals surface area (Å²) in [7, 11) is 0. The zero-order valence-electron chi connectivity index (χ0n) is 10.6. The van der Waals surface area contributed by atoms with Crippen LogP contribution in [0.15, 0.2) is 30.5 Å². The van der Waals surface area contributed by atoms with E-state index in [-0.39, 0.29) is 11.9 Å². The van der Waals surface area contributed by atoms with Crippen LogP contribution in [0.1, 0.15) is 18.4 Å². The maximum atomic E-state index is 12.3. The molecule has 4 nitrogen and oxygen atoms in total. The summed E-state index contributed by atoms with van der Waals surface area (Å²) in [5, 5.41) is 10.1. The molecule has 3 rings (SSSR count). The van der Waals surface area contributed by atoms with E-state index in [4.69, 9.17) is 5.26 Å². The Morgan fingerprint density at radius 3 is 3.16 bits per heavy atom. The van der Waals surface area contributed by atoms with Crippen LogP contribution in [-0.2, 0) is 11.2 Å². The molecule has 0 radical (unpaired) electrons. The van der Waals surface area contributed by atoms with Crippen molar-refractivity contribution in [2.45, 2.75) is 25.3 Å². The Morgan fingerprint density at radius 2 is 2.32 bits per heavy atom. The lowest BCUT2D eigenvalue weighted by atomic mass is 10.1. The molecule has 19 heavy (non-hydrogen) atoms. The van der Waals surface area contributed by atoms with Gasteiger partial charge in [0.15, 0.2) is 0 Å². The number of carbonyl (C=O) groups excluding carboxylic acids is 1. The number of hydrogen-bond acceptors (Lipinski definition) is 2. The third-order valence-electron chi connectivity index (χ3n) is 3.74. The Labute approximate surface area is 111 Å². The summed E-state index contributed by atoms with van der Waals surface area (Å²) in [6, 6.07) is 9.92. The van der Waals surface area contributed by atoms with Crippen LogP contribution in [0.2, 0.25) is 0 Å². The van der Waals surface area contributed by atoms with E-state index >= 15 is 0 Å². The van der Waals surface area contributed by atoms with Gasteiger partial charge in [0.25, 0.3) is 0 Å². The van der Waals surface area contributed by atoms with Crippen molar-refractivity contribution in [3.63, 3.8) is 0 Å². The minimum Gasteiger partial charge on any atom is -0.361 e. The van der Waals surface area contributed by atoms with Gasteiger partial charge in [0.1, 0.15) is 6.04 Å². The maximum absolute atomic E-state index is 12.3. The zero-order valence-corrected chi connectivity index (χ0v) is 10.6. The van der Waals surface area contributed by atoms with Crippen molar-refractivity contribution in [1.82, 2.24) is 9.88 Å². The molecule has 0 spiro atoms. The predicted octanol–water partition coefficient (Wildman–Crippen LogP) is 2.22. The number of aromatic amines is 1. The second-order valence-electron chi connectivity index (χ2n) is 4.91. The molecule has 0 saturated carbocycles. The number of nitrogens with one attached hydrogen (secondary N) is 1. The summed E-state index contributed by atoms with van der Waals surface area (Å²) in [6.07, 6.45) is 3.98. The van der Waals surface area contributed by atoms with Crippen molar-refractivity contribution in [3.05, 3.63) is 36.0 Å². The lowest BCUT2D eigenvalue weighted by Gasteiger charge is -2.19. The van der Waals surface area contributed by atoms with Gasteiger partial charge in [-0.3, -0.25) is 4.79 Å². The number of nitrogens with zero attached hydrogens (tertiary/aromatic N) is 2. The van der Waals surface area contributed by atoms with Gasteiger partial charge in [0.2, 0.25) is 5.91 Å². The van der Waals surface area contributed by atoms with Crippen molar-refractivity contribution in [2.75, 3.05) is 6.54 Å². The van der Waals surface area contributed by atoms with E-state index < -0.39 is 0 Å². The van der Waals surface area contributed by atoms with Crippen LogP contribution < -0.4 is 0 Å². The lowest BCUT2D eigenvalue weighted by molar-refractivity contribution is -0.130. The van der Waals surface area contributed by atoms with Gasteiger partial charge in [0.05, 0.1) is 12.5 Å². The topological polar surface area (TPSA) is 59.9 Å². The molecule has 2 heterocycles. The number of amides is 1. The van der Waals surface area contributed by atoms with Crippen molar-refractivity contribution in [2.24, 2.45) is 0 Å². The minimum atomic E-state index is -0.238. The molecule has 1 unspecified atom stereocenters. The first-order valence-corrected chi connectivity index (χ1v) is 6.53. The molecule has 1 atom stereocenters. The number of benzene rings is 1. The number of carbonyl (C=O) groups is 1. The lowest BCUT2D eigenvalue weighted by Crippen LogP contribution is -2.35. The zero-order chi connectivity index (χ0) is 13.2. The molecule has 2 aromatic rings. The van der Waals surface area contributed by atoms with Crippen LogP contribution in [0.4, 0.5) is 0 Å². The highest BCUT2D eigenvalue weighted by molar-refractivity contribution is 5.89. The average Bonchev–Trinajstić information content (AvgIpc) is 3.05. The third-order valence-corrected chi connectivity index (χ3v) is 3.74. The number of nitriles is 1. The van der Waals surface area contributed by atoms with E-state index in [0.29, 0.717) is 13.0 Å². The summed E-state index contributed by atoms with van der Waals surface area (Å²) in [5.74, 6) is 0.0498. The highest BCUT2D eigenvalue weighted by Crippen LogP contribution is 2.21. The number of fused-ring (bicyclic) bond motifs is 1. The Bertz CT molecular complexity index is 653. The second-order valence-corrected chi connectivity index (χ2v) is 4.91. The van der Waals surface area contributed by atoms with Crippen LogP contribution in [-0.4, -0.2) is 28.4 Å². The van der Waals surface area contributed by atoms with Gasteiger partial charge in [-0.1, -0.05) is 18.2 Å². The molecule has 1 amide bonds. The Hall–Kier alpha value is -2.28. The quantitative estimate of drug-likeness (QED) is 0.892. The van der Waals surface area contributed by atoms with Crippen LogP contribution in [0, 0.1) is 11.3 Å². The van der Waals surface area contributed by atoms with Crippen LogP contribution >= 0.6 is 0 Å². The molecule has 1 saturated heterocycles. The molecule has 1 fully saturated rings. The molecule has 0 bridgehead atoms. The third kappa shape index (κ3) is 2.08. The summed E-state index contributed by atoms with van der Waals surface area (Å²) >= 11 is 0. The van der Waals surface area contributed by atoms with Crippen molar-refractivity contribution in [3.8, 4) is 6.07 Å². The number of rotatable bonds is 2. The van der Waals surface area contributed by atoms with Crippen molar-refractivity contribution < 1.29 is 4.79 Å². The summed E-state index contributed by atoms with van der Waals surface area (Å²) < 4.78 is 0. The molecule has 1 aromatic carbocycles. The monoisotopic (exact) mass is 253 g/mol. The highest BCUT2D eigenvalue weighted by Gasteiger charge is 2.28. The molecule has 4 heteroatoms. The first-order valence-electron chi connectivity index (χ1n) is 6.53. The van der Waals surface area contributed by atoms with Crippen LogP contribution in [0.3, 0.4) is 0 Å². The largest absolute Gasteiger partial charge is 0.361 e. The van der Waals surface area contributed by atoms with Gasteiger partial charge in [-0.15, -0.1) is 0 Å². The Morgan fingerprint density at radius 1 is 1.47 bits per heavy atom. The molecule has 96 valence electrons. The van der Waals surface area contributed by atoms with E-state index in [1.165, 1.54) is 0 Å². The fraction of sp³-hybridized carbons (Fsp3) is 0.333. The summed E-state index contributed by atoms with van der Waals surface area (Å²) in [6.45, 7) is 0.708. The first-order chi connectivity index (χ1) is 9.29. The number of para-hydroxylation sites is 1. The van der Waals surface area contributed by atoms with E-state index in [0.717, 1.165) is 29.3 Å². The molecule has 1 N–H and O–H groups in total. The number of aromatic nitrogens is 1. The second kappa shape index (κ2) is 4.77. The molecule has 1 aliphatic heterocycles. The molecular weight excluding hydrogens is 238 g/mol. The minimum absolute atomic E-state index is 0.0498. The number of H-pyrrole nitrogens is 1.